The molecule has 10 aromatic carbocycles. The Kier molecular flexibility index (Phi) is 8.25. The third-order valence-corrected chi connectivity index (χ3v) is 14.9. The maximum absolute atomic E-state index is 15.0. The molecule has 7 nitrogen and oxygen atoms in total. The number of para-hydroxylation sites is 7. The molecule has 0 saturated heterocycles. The Labute approximate surface area is 411 Å². The molecular formula is C63H33F3N6O. The molecule has 15 rings (SSSR count). The van der Waals surface area contributed by atoms with Crippen molar-refractivity contribution in [3.63, 3.8) is 0 Å². The lowest BCUT2D eigenvalue weighted by atomic mass is 9.98. The highest BCUT2D eigenvalue weighted by molar-refractivity contribution is 6.25. The zero-order chi connectivity index (χ0) is 48.9. The molecule has 0 spiro atoms. The minimum Gasteiger partial charge on any atom is -0.455 e. The highest BCUT2D eigenvalue weighted by atomic mass is 19.4. The fraction of sp³-hybridized carbons (Fsp3) is 0.0159. The molecule has 73 heavy (non-hydrogen) atoms. The summed E-state index contributed by atoms with van der Waals surface area (Å²) in [5.41, 5.74) is 7.77. The van der Waals surface area contributed by atoms with Gasteiger partial charge in [0.15, 0.2) is 0 Å². The topological polar surface area (TPSA) is 80.4 Å². The summed E-state index contributed by atoms with van der Waals surface area (Å²) < 4.78 is 60.0. The van der Waals surface area contributed by atoms with Crippen molar-refractivity contribution in [2.75, 3.05) is 0 Å². The molecule has 0 fully saturated rings. The number of halogens is 3. The highest BCUT2D eigenvalue weighted by Gasteiger charge is 2.36. The van der Waals surface area contributed by atoms with Crippen LogP contribution in [-0.4, -0.2) is 18.3 Å². The van der Waals surface area contributed by atoms with Gasteiger partial charge in [-0.05, 0) is 72.8 Å². The number of fused-ring (bicyclic) bond motifs is 16. The molecule has 0 bridgehead atoms. The fourth-order valence-corrected chi connectivity index (χ4v) is 12.0. The SMILES string of the molecule is N#Cc1c(-n2c3ccccc3c3ccccc32)c(-n2c3ccccc3c3ccccc32)c(C#N)c(-n2c3ccc(C(F)(F)F)cc3c3c4oc5ccccc5c4ccc32)c1-n1c2ccccc2c2ccccc21. The van der Waals surface area contributed by atoms with Gasteiger partial charge in [-0.25, -0.2) is 0 Å². The largest absolute Gasteiger partial charge is 0.455 e. The third kappa shape index (κ3) is 5.41. The number of nitrogens with zero attached hydrogens (tertiary/aromatic N) is 6. The summed E-state index contributed by atoms with van der Waals surface area (Å²) in [4.78, 5) is 0. The number of hydrogen-bond donors (Lipinski definition) is 0. The highest BCUT2D eigenvalue weighted by Crippen LogP contribution is 2.50. The smallest absolute Gasteiger partial charge is 0.416 e. The Hall–Kier alpha value is -10.0. The minimum atomic E-state index is -4.68. The van der Waals surface area contributed by atoms with Crippen LogP contribution >= 0.6 is 0 Å². The van der Waals surface area contributed by atoms with Crippen molar-refractivity contribution in [2.45, 2.75) is 6.18 Å². The number of alkyl halides is 3. The quantitative estimate of drug-likeness (QED) is 0.176. The van der Waals surface area contributed by atoms with Crippen LogP contribution in [0.2, 0.25) is 0 Å². The number of hydrogen-bond acceptors (Lipinski definition) is 3. The van der Waals surface area contributed by atoms with Gasteiger partial charge in [-0.15, -0.1) is 0 Å². The Morgan fingerprint density at radius 1 is 0.342 bits per heavy atom. The predicted molar refractivity (Wildman–Crippen MR) is 286 cm³/mol. The second kappa shape index (κ2) is 14.8. The molecule has 0 aliphatic carbocycles. The Balaban J connectivity index is 1.27. The van der Waals surface area contributed by atoms with Crippen molar-refractivity contribution in [3.8, 4) is 34.9 Å². The predicted octanol–water partition coefficient (Wildman–Crippen LogP) is 16.7. The van der Waals surface area contributed by atoms with Gasteiger partial charge < -0.3 is 22.7 Å². The number of benzene rings is 10. The summed E-state index contributed by atoms with van der Waals surface area (Å²) in [6, 6.07) is 68.9. The van der Waals surface area contributed by atoms with E-state index in [4.69, 9.17) is 4.42 Å². The summed E-state index contributed by atoms with van der Waals surface area (Å²) in [7, 11) is 0. The van der Waals surface area contributed by atoms with Crippen LogP contribution in [-0.2, 0) is 6.18 Å². The van der Waals surface area contributed by atoms with Crippen LogP contribution in [0.3, 0.4) is 0 Å². The molecule has 0 unspecified atom stereocenters. The zero-order valence-corrected chi connectivity index (χ0v) is 38.3. The van der Waals surface area contributed by atoms with Gasteiger partial charge in [-0.1, -0.05) is 127 Å². The molecule has 0 atom stereocenters. The lowest BCUT2D eigenvalue weighted by molar-refractivity contribution is -0.137. The standard InChI is InChI=1S/C63H33F3N6O/c64-63(65,66)36-29-31-54-45(33-36)57-55(32-30-44-43-21-7-14-28-56(43)73-62(44)57)72(54)61-47(35-68)59(70-50-24-10-3-17-39(50)40-18-4-11-25-51(40)70)58(69-48-22-8-1-15-37(48)38-16-2-9-23-49(38)69)46(34-67)60(61)71-52-26-12-5-19-41(52)42-20-6-13-27-53(42)71/h1-33H. The first kappa shape index (κ1) is 40.8. The number of nitriles is 2. The summed E-state index contributed by atoms with van der Waals surface area (Å²) in [5.74, 6) is 0. The van der Waals surface area contributed by atoms with Gasteiger partial charge >= 0.3 is 6.18 Å². The maximum Gasteiger partial charge on any atom is 0.416 e. The van der Waals surface area contributed by atoms with Gasteiger partial charge in [-0.2, -0.15) is 23.7 Å². The lowest BCUT2D eigenvalue weighted by Gasteiger charge is -2.27. The molecule has 5 aromatic heterocycles. The monoisotopic (exact) mass is 946 g/mol. The normalized spacial score (nSPS) is 12.3. The van der Waals surface area contributed by atoms with E-state index in [1.807, 2.05) is 162 Å². The van der Waals surface area contributed by atoms with E-state index >= 15 is 13.2 Å². The Bertz CT molecular complexity index is 4850. The number of aromatic nitrogens is 4. The van der Waals surface area contributed by atoms with Crippen molar-refractivity contribution in [3.05, 3.63) is 217 Å². The zero-order valence-electron chi connectivity index (χ0n) is 38.3. The fourth-order valence-electron chi connectivity index (χ4n) is 12.0. The van der Waals surface area contributed by atoms with Crippen LogP contribution < -0.4 is 0 Å². The molecule has 0 radical (unpaired) electrons. The van der Waals surface area contributed by atoms with Crippen LogP contribution in [0.4, 0.5) is 13.2 Å². The minimum absolute atomic E-state index is 0.183. The first-order chi connectivity index (χ1) is 35.8. The first-order valence-corrected chi connectivity index (χ1v) is 23.8. The van der Waals surface area contributed by atoms with Gasteiger partial charge in [0.1, 0.15) is 34.4 Å². The van der Waals surface area contributed by atoms with E-state index in [0.717, 1.165) is 82.3 Å². The van der Waals surface area contributed by atoms with Crippen molar-refractivity contribution in [2.24, 2.45) is 0 Å². The van der Waals surface area contributed by atoms with E-state index in [9.17, 15) is 10.5 Å². The average molecular weight is 947 g/mol. The molecule has 10 heteroatoms. The van der Waals surface area contributed by atoms with Gasteiger partial charge in [0.05, 0.1) is 77.8 Å². The van der Waals surface area contributed by atoms with Crippen molar-refractivity contribution >= 4 is 109 Å². The Morgan fingerprint density at radius 2 is 0.671 bits per heavy atom. The van der Waals surface area contributed by atoms with Gasteiger partial charge in [0.25, 0.3) is 0 Å². The summed E-state index contributed by atoms with van der Waals surface area (Å²) in [6.07, 6.45) is -4.68. The van der Waals surface area contributed by atoms with Gasteiger partial charge in [0.2, 0.25) is 0 Å². The molecule has 0 saturated carbocycles. The van der Waals surface area contributed by atoms with Gasteiger partial charge in [-0.3, -0.25) is 0 Å². The van der Waals surface area contributed by atoms with Crippen molar-refractivity contribution in [1.82, 2.24) is 18.3 Å². The van der Waals surface area contributed by atoms with Crippen molar-refractivity contribution in [1.29, 1.82) is 10.5 Å². The van der Waals surface area contributed by atoms with Crippen molar-refractivity contribution < 1.29 is 17.6 Å². The van der Waals surface area contributed by atoms with E-state index in [-0.39, 0.29) is 16.5 Å². The van der Waals surface area contributed by atoms with Crippen LogP contribution in [0.1, 0.15) is 16.7 Å². The lowest BCUT2D eigenvalue weighted by Crippen LogP contribution is -2.16. The van der Waals surface area contributed by atoms with Crippen LogP contribution in [0, 0.1) is 22.7 Å². The second-order valence-electron chi connectivity index (χ2n) is 18.5. The van der Waals surface area contributed by atoms with E-state index < -0.39 is 11.7 Å². The maximum atomic E-state index is 15.0. The van der Waals surface area contributed by atoms with Crippen LogP contribution in [0.25, 0.3) is 132 Å². The second-order valence-corrected chi connectivity index (χ2v) is 18.5. The summed E-state index contributed by atoms with van der Waals surface area (Å²) in [6.45, 7) is 0. The molecular weight excluding hydrogens is 914 g/mol. The van der Waals surface area contributed by atoms with Gasteiger partial charge in [0, 0.05) is 48.5 Å². The third-order valence-electron chi connectivity index (χ3n) is 14.9. The molecule has 0 aliphatic rings. The van der Waals surface area contributed by atoms with E-state index in [0.29, 0.717) is 50.3 Å². The molecule has 0 N–H and O–H groups in total. The molecule has 342 valence electrons. The molecule has 5 heterocycles. The molecule has 0 aliphatic heterocycles. The summed E-state index contributed by atoms with van der Waals surface area (Å²) in [5, 5.41) is 32.9. The average Bonchev–Trinajstić information content (AvgIpc) is 4.23. The molecule has 0 amide bonds. The number of rotatable bonds is 4. The first-order valence-electron chi connectivity index (χ1n) is 23.8. The van der Waals surface area contributed by atoms with Crippen LogP contribution in [0.5, 0.6) is 0 Å². The van der Waals surface area contributed by atoms with E-state index in [2.05, 4.69) is 50.1 Å². The van der Waals surface area contributed by atoms with E-state index in [1.54, 1.807) is 0 Å². The summed E-state index contributed by atoms with van der Waals surface area (Å²) >= 11 is 0. The molecule has 15 aromatic rings. The van der Waals surface area contributed by atoms with Crippen LogP contribution in [0.15, 0.2) is 205 Å². The Morgan fingerprint density at radius 3 is 1.05 bits per heavy atom. The number of furan rings is 1. The van der Waals surface area contributed by atoms with E-state index in [1.165, 1.54) is 12.1 Å².